The maximum Gasteiger partial charge on any atom is 0.323 e. The zero-order valence-electron chi connectivity index (χ0n) is 11.2. The Labute approximate surface area is 120 Å². The highest BCUT2D eigenvalue weighted by Crippen LogP contribution is 2.32. The first-order chi connectivity index (χ1) is 9.78. The second kappa shape index (κ2) is 5.64. The summed E-state index contributed by atoms with van der Waals surface area (Å²) in [6, 6.07) is 5.66. The fraction of sp³-hybridized carbons (Fsp3) is 0.385. The Kier molecular flexibility index (Phi) is 3.70. The Morgan fingerprint density at radius 3 is 3.00 bits per heavy atom. The average molecular weight is 292 g/mol. The first-order valence-corrected chi connectivity index (χ1v) is 7.30. The molecular weight excluding hydrogens is 276 g/mol. The van der Waals surface area contributed by atoms with E-state index in [0.717, 1.165) is 42.1 Å². The van der Waals surface area contributed by atoms with Crippen molar-refractivity contribution in [1.82, 2.24) is 15.2 Å². The molecule has 0 spiro atoms. The van der Waals surface area contributed by atoms with E-state index in [1.54, 1.807) is 12.0 Å². The molecular formula is C13H16N4O2S. The SMILES string of the molecule is COc1cccc2sc(NC(=O)N3CCNCC3)nc12. The highest BCUT2D eigenvalue weighted by Gasteiger charge is 2.18. The normalized spacial score (nSPS) is 15.3. The molecule has 20 heavy (non-hydrogen) atoms. The summed E-state index contributed by atoms with van der Waals surface area (Å²) in [5.74, 6) is 0.724. The van der Waals surface area contributed by atoms with E-state index >= 15 is 0 Å². The van der Waals surface area contributed by atoms with Crippen molar-refractivity contribution in [2.45, 2.75) is 0 Å². The topological polar surface area (TPSA) is 66.5 Å². The van der Waals surface area contributed by atoms with E-state index in [1.807, 2.05) is 18.2 Å². The molecule has 1 fully saturated rings. The van der Waals surface area contributed by atoms with E-state index in [4.69, 9.17) is 4.74 Å². The van der Waals surface area contributed by atoms with Gasteiger partial charge in [-0.15, -0.1) is 0 Å². The van der Waals surface area contributed by atoms with Crippen molar-refractivity contribution in [2.24, 2.45) is 0 Å². The molecule has 0 radical (unpaired) electrons. The largest absolute Gasteiger partial charge is 0.494 e. The van der Waals surface area contributed by atoms with Crippen LogP contribution in [0.5, 0.6) is 5.75 Å². The molecule has 6 nitrogen and oxygen atoms in total. The maximum atomic E-state index is 12.1. The Hall–Kier alpha value is -1.86. The van der Waals surface area contributed by atoms with Gasteiger partial charge in [-0.05, 0) is 12.1 Å². The molecule has 0 atom stereocenters. The summed E-state index contributed by atoms with van der Waals surface area (Å²) in [5.41, 5.74) is 0.788. The first kappa shape index (κ1) is 13.1. The van der Waals surface area contributed by atoms with Crippen molar-refractivity contribution in [3.8, 4) is 5.75 Å². The highest BCUT2D eigenvalue weighted by molar-refractivity contribution is 7.22. The number of amides is 2. The van der Waals surface area contributed by atoms with E-state index in [2.05, 4.69) is 15.6 Å². The predicted molar refractivity (Wildman–Crippen MR) is 79.6 cm³/mol. The lowest BCUT2D eigenvalue weighted by atomic mass is 10.3. The van der Waals surface area contributed by atoms with Crippen LogP contribution in [0.4, 0.5) is 9.93 Å². The molecule has 0 aliphatic carbocycles. The second-order valence-corrected chi connectivity index (χ2v) is 5.52. The maximum absolute atomic E-state index is 12.1. The lowest BCUT2D eigenvalue weighted by Crippen LogP contribution is -2.48. The minimum atomic E-state index is -0.0930. The van der Waals surface area contributed by atoms with Gasteiger partial charge in [-0.1, -0.05) is 17.4 Å². The number of benzene rings is 1. The summed E-state index contributed by atoms with van der Waals surface area (Å²) < 4.78 is 6.27. The van der Waals surface area contributed by atoms with Crippen LogP contribution in [0, 0.1) is 0 Å². The number of thiazole rings is 1. The molecule has 1 saturated heterocycles. The molecule has 2 heterocycles. The van der Waals surface area contributed by atoms with Gasteiger partial charge in [0.15, 0.2) is 5.13 Å². The van der Waals surface area contributed by atoms with Crippen molar-refractivity contribution in [3.05, 3.63) is 18.2 Å². The van der Waals surface area contributed by atoms with Crippen molar-refractivity contribution in [3.63, 3.8) is 0 Å². The third-order valence-corrected chi connectivity index (χ3v) is 4.16. The highest BCUT2D eigenvalue weighted by atomic mass is 32.1. The minimum Gasteiger partial charge on any atom is -0.494 e. The molecule has 106 valence electrons. The molecule has 3 rings (SSSR count). The van der Waals surface area contributed by atoms with E-state index in [9.17, 15) is 4.79 Å². The van der Waals surface area contributed by atoms with Crippen LogP contribution in [0.3, 0.4) is 0 Å². The zero-order chi connectivity index (χ0) is 13.9. The Bertz CT molecular complexity index is 622. The first-order valence-electron chi connectivity index (χ1n) is 6.48. The number of methoxy groups -OCH3 is 1. The van der Waals surface area contributed by atoms with Crippen LogP contribution in [0.2, 0.25) is 0 Å². The van der Waals surface area contributed by atoms with Crippen LogP contribution in [-0.4, -0.2) is 49.2 Å². The summed E-state index contributed by atoms with van der Waals surface area (Å²) in [6.45, 7) is 3.11. The molecule has 7 heteroatoms. The number of carbonyl (C=O) groups is 1. The summed E-state index contributed by atoms with van der Waals surface area (Å²) in [5, 5.41) is 6.69. The van der Waals surface area contributed by atoms with Crippen LogP contribution >= 0.6 is 11.3 Å². The summed E-state index contributed by atoms with van der Waals surface area (Å²) in [7, 11) is 1.62. The van der Waals surface area contributed by atoms with E-state index in [0.29, 0.717) is 5.13 Å². The molecule has 1 aromatic heterocycles. The van der Waals surface area contributed by atoms with Crippen molar-refractivity contribution >= 4 is 32.7 Å². The quantitative estimate of drug-likeness (QED) is 0.885. The van der Waals surface area contributed by atoms with Gasteiger partial charge in [-0.25, -0.2) is 9.78 Å². The number of aromatic nitrogens is 1. The second-order valence-electron chi connectivity index (χ2n) is 4.49. The molecule has 1 aliphatic heterocycles. The molecule has 0 unspecified atom stereocenters. The zero-order valence-corrected chi connectivity index (χ0v) is 12.0. The number of nitrogens with zero attached hydrogens (tertiary/aromatic N) is 2. The van der Waals surface area contributed by atoms with Crippen molar-refractivity contribution in [2.75, 3.05) is 38.6 Å². The molecule has 2 N–H and O–H groups in total. The van der Waals surface area contributed by atoms with Gasteiger partial charge in [0, 0.05) is 26.2 Å². The molecule has 1 aromatic carbocycles. The summed E-state index contributed by atoms with van der Waals surface area (Å²) in [6.07, 6.45) is 0. The number of hydrogen-bond acceptors (Lipinski definition) is 5. The lowest BCUT2D eigenvalue weighted by Gasteiger charge is -2.26. The van der Waals surface area contributed by atoms with Gasteiger partial charge in [-0.3, -0.25) is 5.32 Å². The van der Waals surface area contributed by atoms with Gasteiger partial charge in [0.05, 0.1) is 11.8 Å². The number of ether oxygens (including phenoxy) is 1. The molecule has 1 aliphatic rings. The molecule has 0 bridgehead atoms. The van der Waals surface area contributed by atoms with E-state index < -0.39 is 0 Å². The third-order valence-electron chi connectivity index (χ3n) is 3.22. The number of piperazine rings is 1. The van der Waals surface area contributed by atoms with Gasteiger partial charge in [0.1, 0.15) is 11.3 Å². The minimum absolute atomic E-state index is 0.0930. The Morgan fingerprint density at radius 2 is 2.25 bits per heavy atom. The summed E-state index contributed by atoms with van der Waals surface area (Å²) >= 11 is 1.45. The molecule has 2 aromatic rings. The van der Waals surface area contributed by atoms with Crippen LogP contribution in [0.1, 0.15) is 0 Å². The average Bonchev–Trinajstić information content (AvgIpc) is 2.90. The van der Waals surface area contributed by atoms with Gasteiger partial charge in [0.2, 0.25) is 0 Å². The van der Waals surface area contributed by atoms with Crippen molar-refractivity contribution < 1.29 is 9.53 Å². The summed E-state index contributed by atoms with van der Waals surface area (Å²) in [4.78, 5) is 18.4. The van der Waals surface area contributed by atoms with Crippen LogP contribution in [-0.2, 0) is 0 Å². The number of rotatable bonds is 2. The van der Waals surface area contributed by atoms with Crippen LogP contribution < -0.4 is 15.4 Å². The number of carbonyl (C=O) groups excluding carboxylic acids is 1. The smallest absolute Gasteiger partial charge is 0.323 e. The fourth-order valence-electron chi connectivity index (χ4n) is 2.18. The number of urea groups is 1. The number of anilines is 1. The van der Waals surface area contributed by atoms with Crippen LogP contribution in [0.15, 0.2) is 18.2 Å². The number of para-hydroxylation sites is 1. The standard InChI is InChI=1S/C13H16N4O2S/c1-19-9-3-2-4-10-11(9)15-12(20-10)16-13(18)17-7-5-14-6-8-17/h2-4,14H,5-8H2,1H3,(H,15,16,18). The van der Waals surface area contributed by atoms with Gasteiger partial charge >= 0.3 is 6.03 Å². The number of hydrogen-bond donors (Lipinski definition) is 2. The molecule has 2 amide bonds. The monoisotopic (exact) mass is 292 g/mol. The van der Waals surface area contributed by atoms with E-state index in [1.165, 1.54) is 11.3 Å². The fourth-order valence-corrected chi connectivity index (χ4v) is 3.05. The molecule has 0 saturated carbocycles. The van der Waals surface area contributed by atoms with Gasteiger partial charge in [-0.2, -0.15) is 0 Å². The Morgan fingerprint density at radius 1 is 1.45 bits per heavy atom. The third kappa shape index (κ3) is 2.54. The number of fused-ring (bicyclic) bond motifs is 1. The van der Waals surface area contributed by atoms with Gasteiger partial charge in [0.25, 0.3) is 0 Å². The van der Waals surface area contributed by atoms with Crippen LogP contribution in [0.25, 0.3) is 10.2 Å². The van der Waals surface area contributed by atoms with E-state index in [-0.39, 0.29) is 6.03 Å². The van der Waals surface area contributed by atoms with Gasteiger partial charge < -0.3 is 15.0 Å². The van der Waals surface area contributed by atoms with Crippen molar-refractivity contribution in [1.29, 1.82) is 0 Å². The number of nitrogens with one attached hydrogen (secondary N) is 2. The Balaban J connectivity index is 1.78. The lowest BCUT2D eigenvalue weighted by molar-refractivity contribution is 0.204. The predicted octanol–water partition coefficient (Wildman–Crippen LogP) is 1.74.